The molecule has 24 heteroatoms. The number of hydrogen-bond donors (Lipinski definition) is 11. The highest BCUT2D eigenvalue weighted by Gasteiger charge is 2.52. The Morgan fingerprint density at radius 1 is 0.828 bits per heavy atom. The van der Waals surface area contributed by atoms with Crippen molar-refractivity contribution in [1.29, 1.82) is 0 Å². The predicted octanol–water partition coefficient (Wildman–Crippen LogP) is -2.88. The Labute approximate surface area is 373 Å². The van der Waals surface area contributed by atoms with Gasteiger partial charge >= 0.3 is 12.2 Å². The minimum atomic E-state index is -1.92. The van der Waals surface area contributed by atoms with E-state index in [0.29, 0.717) is 12.8 Å². The predicted molar refractivity (Wildman–Crippen MR) is 222 cm³/mol. The highest BCUT2D eigenvalue weighted by Crippen LogP contribution is 2.34. The second-order valence-electron chi connectivity index (χ2n) is 16.6. The third-order valence-electron chi connectivity index (χ3n) is 10.5. The molecule has 2 rings (SSSR count). The smallest absolute Gasteiger partial charge is 0.407 e. The topological polar surface area (TPSA) is 341 Å². The Kier molecular flexibility index (Phi) is 25.2. The molecule has 11 N–H and O–H groups in total. The number of rotatable bonds is 27. The third kappa shape index (κ3) is 18.8. The summed E-state index contributed by atoms with van der Waals surface area (Å²) in [6.45, 7) is 8.72. The number of nitrogens with one attached hydrogen (secondary N) is 5. The van der Waals surface area contributed by atoms with Gasteiger partial charge in [0.1, 0.15) is 61.9 Å². The molecule has 2 saturated heterocycles. The maximum absolute atomic E-state index is 13.3. The van der Waals surface area contributed by atoms with Crippen molar-refractivity contribution in [2.24, 2.45) is 11.8 Å². The molecule has 372 valence electrons. The minimum Gasteiger partial charge on any atom is -0.447 e. The second-order valence-corrected chi connectivity index (χ2v) is 16.6. The fourth-order valence-electron chi connectivity index (χ4n) is 7.22. The molecule has 24 nitrogen and oxygen atoms in total. The molecule has 0 aliphatic carbocycles. The van der Waals surface area contributed by atoms with Crippen LogP contribution in [0.2, 0.25) is 0 Å². The van der Waals surface area contributed by atoms with Crippen LogP contribution < -0.4 is 26.6 Å². The largest absolute Gasteiger partial charge is 0.447 e. The zero-order chi connectivity index (χ0) is 48.1. The van der Waals surface area contributed by atoms with Crippen molar-refractivity contribution >= 4 is 29.9 Å². The molecule has 0 bridgehead atoms. The van der Waals surface area contributed by atoms with Gasteiger partial charge in [-0.25, -0.2) is 9.59 Å². The summed E-state index contributed by atoms with van der Waals surface area (Å²) in [7, 11) is 2.87. The first-order valence-corrected chi connectivity index (χ1v) is 21.5. The van der Waals surface area contributed by atoms with Gasteiger partial charge in [0.25, 0.3) is 0 Å². The highest BCUT2D eigenvalue weighted by atomic mass is 16.7. The Bertz CT molecular complexity index is 1420. The molecule has 2 heterocycles. The number of aliphatic hydroxyl groups excluding tert-OH is 6. The van der Waals surface area contributed by atoms with Gasteiger partial charge in [-0.15, -0.1) is 0 Å². The quantitative estimate of drug-likeness (QED) is 0.0369. The average molecular weight is 928 g/mol. The maximum Gasteiger partial charge on any atom is 0.407 e. The van der Waals surface area contributed by atoms with Gasteiger partial charge in [-0.05, 0) is 38.0 Å². The standard InChI is InChI=1S/C40H73N5O19/c1-21(2)34(22(3)4)63-37-30(43-23(5)47)33(53)32(52)27(62-37)20-61-40(6)17-25(48)29(35(64-40)31(51)26(49)19-46)45-28(50)18-42-36(54)24(44-39(56)60-16-14-58-8)11-9-10-12-41-38(55)59-15-13-57-7/h21-22,24-27,29-35,37,46,48-49,51-53H,9-20H2,1-8H3,(H,41,55)(H,42,54)(H,43,47)(H,44,56)(H,45,50)/t24?,25-,26-,27?,29-,30?,31-,32+,33-,35?,37-,40+/m1/s1. The number of amides is 5. The van der Waals surface area contributed by atoms with Crippen LogP contribution in [0.4, 0.5) is 9.59 Å². The number of alkyl carbamates (subject to hydrolysis) is 2. The fourth-order valence-corrected chi connectivity index (χ4v) is 7.22. The van der Waals surface area contributed by atoms with E-state index in [2.05, 4.69) is 26.6 Å². The summed E-state index contributed by atoms with van der Waals surface area (Å²) in [4.78, 5) is 62.8. The molecule has 5 amide bonds. The monoisotopic (exact) mass is 927 g/mol. The minimum absolute atomic E-state index is 0.00529. The van der Waals surface area contributed by atoms with Gasteiger partial charge in [-0.3, -0.25) is 14.4 Å². The molecular formula is C40H73N5O19. The van der Waals surface area contributed by atoms with Crippen LogP contribution in [0.1, 0.15) is 67.2 Å². The number of carbonyl (C=O) groups is 5. The first kappa shape index (κ1) is 56.6. The Morgan fingerprint density at radius 3 is 2.03 bits per heavy atom. The molecule has 0 aromatic heterocycles. The second kappa shape index (κ2) is 28.5. The van der Waals surface area contributed by atoms with E-state index in [1.165, 1.54) is 28.1 Å². The summed E-state index contributed by atoms with van der Waals surface area (Å²) in [6, 6.07) is -3.79. The molecule has 64 heavy (non-hydrogen) atoms. The van der Waals surface area contributed by atoms with Gasteiger partial charge in [-0.2, -0.15) is 0 Å². The number of unbranched alkanes of at least 4 members (excludes halogenated alkanes) is 1. The lowest BCUT2D eigenvalue weighted by Crippen LogP contribution is -2.67. The van der Waals surface area contributed by atoms with Gasteiger partial charge in [0, 0.05) is 34.1 Å². The molecule has 4 unspecified atom stereocenters. The van der Waals surface area contributed by atoms with Crippen LogP contribution in [0.25, 0.3) is 0 Å². The summed E-state index contributed by atoms with van der Waals surface area (Å²) in [5.41, 5.74) is 0. The van der Waals surface area contributed by atoms with E-state index in [9.17, 15) is 54.6 Å². The first-order valence-electron chi connectivity index (χ1n) is 21.5. The van der Waals surface area contributed by atoms with E-state index < -0.39 is 123 Å². The lowest BCUT2D eigenvalue weighted by atomic mass is 9.89. The summed E-state index contributed by atoms with van der Waals surface area (Å²) in [5, 5.41) is 77.2. The fraction of sp³-hybridized carbons (Fsp3) is 0.875. The van der Waals surface area contributed by atoms with Crippen molar-refractivity contribution in [3.05, 3.63) is 0 Å². The zero-order valence-corrected chi connectivity index (χ0v) is 38.1. The van der Waals surface area contributed by atoms with E-state index in [-0.39, 0.29) is 63.8 Å². The SMILES string of the molecule is COCCOC(=O)NCCCCC(NC(=O)OCCOC)C(=O)NCC(=O)N[C@H]1C([C@H](O)[C@H](O)CO)O[C@](C)(OCC2O[C@H](OC(C(C)C)C(C)C)C(NC(C)=O)[C@@H](O)[C@H]2O)C[C@H]1O. The summed E-state index contributed by atoms with van der Waals surface area (Å²) >= 11 is 0. The lowest BCUT2D eigenvalue weighted by molar-refractivity contribution is -0.336. The van der Waals surface area contributed by atoms with Crippen LogP contribution >= 0.6 is 0 Å². The van der Waals surface area contributed by atoms with Crippen LogP contribution in [-0.2, 0) is 52.3 Å². The molecule has 12 atom stereocenters. The molecule has 0 spiro atoms. The van der Waals surface area contributed by atoms with Crippen molar-refractivity contribution in [1.82, 2.24) is 26.6 Å². The summed E-state index contributed by atoms with van der Waals surface area (Å²) in [5.74, 6) is -3.96. The Morgan fingerprint density at radius 2 is 1.45 bits per heavy atom. The molecular weight excluding hydrogens is 854 g/mol. The van der Waals surface area contributed by atoms with Crippen molar-refractivity contribution in [3.63, 3.8) is 0 Å². The Hall–Kier alpha value is -3.53. The molecule has 0 radical (unpaired) electrons. The van der Waals surface area contributed by atoms with E-state index >= 15 is 0 Å². The highest BCUT2D eigenvalue weighted by molar-refractivity contribution is 5.89. The normalized spacial score (nSPS) is 27.3. The van der Waals surface area contributed by atoms with E-state index in [0.717, 1.165) is 0 Å². The Balaban J connectivity index is 2.16. The molecule has 0 saturated carbocycles. The third-order valence-corrected chi connectivity index (χ3v) is 10.5. The van der Waals surface area contributed by atoms with E-state index in [4.69, 9.17) is 37.9 Å². The van der Waals surface area contributed by atoms with Crippen molar-refractivity contribution in [2.45, 2.75) is 146 Å². The van der Waals surface area contributed by atoms with E-state index in [1.807, 2.05) is 27.7 Å². The van der Waals surface area contributed by atoms with Crippen molar-refractivity contribution in [3.8, 4) is 0 Å². The van der Waals surface area contributed by atoms with Crippen LogP contribution in [-0.4, -0.2) is 207 Å². The van der Waals surface area contributed by atoms with Gasteiger partial charge in [0.2, 0.25) is 17.7 Å². The zero-order valence-electron chi connectivity index (χ0n) is 38.1. The van der Waals surface area contributed by atoms with Crippen LogP contribution in [0, 0.1) is 11.8 Å². The number of ether oxygens (including phenoxy) is 8. The molecule has 0 aromatic rings. The van der Waals surface area contributed by atoms with Gasteiger partial charge < -0.3 is 95.1 Å². The summed E-state index contributed by atoms with van der Waals surface area (Å²) in [6.07, 6.45) is -14.1. The number of aliphatic hydroxyl groups is 6. The summed E-state index contributed by atoms with van der Waals surface area (Å²) < 4.78 is 44.1. The van der Waals surface area contributed by atoms with Crippen molar-refractivity contribution in [2.75, 3.05) is 67.0 Å². The maximum atomic E-state index is 13.3. The van der Waals surface area contributed by atoms with Crippen LogP contribution in [0.5, 0.6) is 0 Å². The molecule has 2 aliphatic rings. The van der Waals surface area contributed by atoms with Crippen molar-refractivity contribution < 1.29 is 92.5 Å². The van der Waals surface area contributed by atoms with Crippen LogP contribution in [0.15, 0.2) is 0 Å². The van der Waals surface area contributed by atoms with Gasteiger partial charge in [0.15, 0.2) is 12.1 Å². The molecule has 0 aromatic carbocycles. The number of hydrogen-bond acceptors (Lipinski definition) is 19. The molecule has 2 fully saturated rings. The van der Waals surface area contributed by atoms with Gasteiger partial charge in [0.05, 0.1) is 51.2 Å². The average Bonchev–Trinajstić information content (AvgIpc) is 3.23. The molecule has 2 aliphatic heterocycles. The first-order chi connectivity index (χ1) is 30.2. The van der Waals surface area contributed by atoms with Crippen LogP contribution in [0.3, 0.4) is 0 Å². The van der Waals surface area contributed by atoms with Gasteiger partial charge in [-0.1, -0.05) is 27.7 Å². The van der Waals surface area contributed by atoms with E-state index in [1.54, 1.807) is 0 Å². The number of carbonyl (C=O) groups excluding carboxylic acids is 5. The number of methoxy groups -OCH3 is 2. The lowest BCUT2D eigenvalue weighted by Gasteiger charge is -2.48.